The summed E-state index contributed by atoms with van der Waals surface area (Å²) >= 11 is 0. The second-order valence-corrected chi connectivity index (χ2v) is 6.56. The number of hydrogen-bond donors (Lipinski definition) is 3. The van der Waals surface area contributed by atoms with Gasteiger partial charge in [-0.3, -0.25) is 9.59 Å². The Kier molecular flexibility index (Phi) is 6.98. The molecule has 0 heterocycles. The molecule has 24 heavy (non-hydrogen) atoms. The largest absolute Gasteiger partial charge is 0.493 e. The Hall–Kier alpha value is -2.33. The molecular weight excluding hydrogens is 340 g/mol. The summed E-state index contributed by atoms with van der Waals surface area (Å²) in [6.45, 7) is 1.14. The van der Waals surface area contributed by atoms with E-state index in [0.29, 0.717) is 5.75 Å². The standard InChI is InChI=1S/C14H20N2O7S/c1-9(14(18)19)16-13(17)6-7-15-24(20,21)10-4-5-11(22-2)12(8-10)23-3/h4-5,8-9,15H,6-7H2,1-3H3,(H,16,17)(H,18,19)/t9-/m0/s1. The van der Waals surface area contributed by atoms with E-state index in [4.69, 9.17) is 14.6 Å². The molecule has 0 bridgehead atoms. The fourth-order valence-corrected chi connectivity index (χ4v) is 2.79. The molecule has 0 aromatic heterocycles. The molecule has 10 heteroatoms. The van der Waals surface area contributed by atoms with E-state index in [1.165, 1.54) is 39.3 Å². The van der Waals surface area contributed by atoms with E-state index in [2.05, 4.69) is 10.0 Å². The Morgan fingerprint density at radius 3 is 2.38 bits per heavy atom. The molecule has 3 N–H and O–H groups in total. The predicted octanol–water partition coefficient (Wildman–Crippen LogP) is -0.0385. The number of amides is 1. The number of carbonyl (C=O) groups excluding carboxylic acids is 1. The van der Waals surface area contributed by atoms with Gasteiger partial charge < -0.3 is 19.9 Å². The highest BCUT2D eigenvalue weighted by Crippen LogP contribution is 2.29. The van der Waals surface area contributed by atoms with Gasteiger partial charge in [-0.15, -0.1) is 0 Å². The van der Waals surface area contributed by atoms with Crippen LogP contribution in [0.4, 0.5) is 0 Å². The number of benzene rings is 1. The van der Waals surface area contributed by atoms with E-state index in [-0.39, 0.29) is 23.6 Å². The Labute approximate surface area is 140 Å². The van der Waals surface area contributed by atoms with Crippen molar-refractivity contribution in [3.05, 3.63) is 18.2 Å². The maximum atomic E-state index is 12.2. The van der Waals surface area contributed by atoms with Crippen LogP contribution in [0.3, 0.4) is 0 Å². The van der Waals surface area contributed by atoms with Gasteiger partial charge in [-0.05, 0) is 19.1 Å². The van der Waals surface area contributed by atoms with Crippen molar-refractivity contribution >= 4 is 21.9 Å². The van der Waals surface area contributed by atoms with Gasteiger partial charge in [0.25, 0.3) is 0 Å². The molecular formula is C14H20N2O7S. The highest BCUT2D eigenvalue weighted by Gasteiger charge is 2.18. The van der Waals surface area contributed by atoms with Gasteiger partial charge in [-0.1, -0.05) is 0 Å². The number of carbonyl (C=O) groups is 2. The lowest BCUT2D eigenvalue weighted by atomic mass is 10.3. The van der Waals surface area contributed by atoms with Gasteiger partial charge in [0.1, 0.15) is 6.04 Å². The van der Waals surface area contributed by atoms with Crippen molar-refractivity contribution in [1.82, 2.24) is 10.0 Å². The molecule has 0 radical (unpaired) electrons. The van der Waals surface area contributed by atoms with Crippen molar-refractivity contribution in [3.63, 3.8) is 0 Å². The Morgan fingerprint density at radius 2 is 1.83 bits per heavy atom. The Bertz CT molecular complexity index is 703. The fraction of sp³-hybridized carbons (Fsp3) is 0.429. The number of carboxylic acids is 1. The minimum absolute atomic E-state index is 0.0422. The summed E-state index contributed by atoms with van der Waals surface area (Å²) < 4.78 is 36.7. The third-order valence-corrected chi connectivity index (χ3v) is 4.52. The van der Waals surface area contributed by atoms with Crippen LogP contribution in [0.15, 0.2) is 23.1 Å². The van der Waals surface area contributed by atoms with Gasteiger partial charge in [0.05, 0.1) is 19.1 Å². The SMILES string of the molecule is COc1ccc(S(=O)(=O)NCCC(=O)N[C@@H](C)C(=O)O)cc1OC. The Morgan fingerprint density at radius 1 is 1.21 bits per heavy atom. The van der Waals surface area contributed by atoms with Crippen LogP contribution in [0.1, 0.15) is 13.3 Å². The average Bonchev–Trinajstić information content (AvgIpc) is 2.53. The van der Waals surface area contributed by atoms with Crippen molar-refractivity contribution in [3.8, 4) is 11.5 Å². The second kappa shape index (κ2) is 8.50. The maximum Gasteiger partial charge on any atom is 0.325 e. The third kappa shape index (κ3) is 5.39. The number of hydrogen-bond acceptors (Lipinski definition) is 6. The van der Waals surface area contributed by atoms with Gasteiger partial charge in [-0.25, -0.2) is 13.1 Å². The lowest BCUT2D eigenvalue weighted by Crippen LogP contribution is -2.39. The van der Waals surface area contributed by atoms with Gasteiger partial charge in [0.15, 0.2) is 11.5 Å². The number of methoxy groups -OCH3 is 2. The first-order valence-corrected chi connectivity index (χ1v) is 8.43. The molecule has 0 fully saturated rings. The average molecular weight is 360 g/mol. The molecule has 0 spiro atoms. The molecule has 0 aliphatic rings. The minimum atomic E-state index is -3.84. The number of sulfonamides is 1. The molecule has 1 aromatic rings. The molecule has 0 aliphatic carbocycles. The van der Waals surface area contributed by atoms with E-state index in [9.17, 15) is 18.0 Å². The number of carboxylic acid groups (broad SMARTS) is 1. The zero-order chi connectivity index (χ0) is 18.3. The molecule has 0 saturated carbocycles. The molecule has 0 saturated heterocycles. The van der Waals surface area contributed by atoms with E-state index in [1.807, 2.05) is 0 Å². The quantitative estimate of drug-likeness (QED) is 0.563. The zero-order valence-corrected chi connectivity index (χ0v) is 14.3. The Balaban J connectivity index is 2.67. The van der Waals surface area contributed by atoms with Crippen molar-refractivity contribution in [2.45, 2.75) is 24.3 Å². The number of ether oxygens (including phenoxy) is 2. The van der Waals surface area contributed by atoms with Crippen LogP contribution < -0.4 is 19.5 Å². The highest BCUT2D eigenvalue weighted by atomic mass is 32.2. The first kappa shape index (κ1) is 19.7. The van der Waals surface area contributed by atoms with Gasteiger partial charge >= 0.3 is 5.97 Å². The molecule has 134 valence electrons. The number of rotatable bonds is 9. The number of nitrogens with one attached hydrogen (secondary N) is 2. The van der Waals surface area contributed by atoms with Crippen molar-refractivity contribution < 1.29 is 32.6 Å². The summed E-state index contributed by atoms with van der Waals surface area (Å²) in [6.07, 6.45) is -0.190. The second-order valence-electron chi connectivity index (χ2n) is 4.79. The molecule has 1 rings (SSSR count). The first-order valence-electron chi connectivity index (χ1n) is 6.95. The van der Waals surface area contributed by atoms with E-state index >= 15 is 0 Å². The smallest absolute Gasteiger partial charge is 0.325 e. The molecule has 0 aliphatic heterocycles. The highest BCUT2D eigenvalue weighted by molar-refractivity contribution is 7.89. The summed E-state index contributed by atoms with van der Waals surface area (Å²) in [5.41, 5.74) is 0. The maximum absolute atomic E-state index is 12.2. The minimum Gasteiger partial charge on any atom is -0.493 e. The van der Waals surface area contributed by atoms with Gasteiger partial charge in [0, 0.05) is 19.0 Å². The van der Waals surface area contributed by atoms with Crippen LogP contribution in [-0.2, 0) is 19.6 Å². The van der Waals surface area contributed by atoms with Crippen LogP contribution in [-0.4, -0.2) is 52.2 Å². The van der Waals surface area contributed by atoms with Crippen LogP contribution in [0.25, 0.3) is 0 Å². The lowest BCUT2D eigenvalue weighted by Gasteiger charge is -2.12. The predicted molar refractivity (Wildman–Crippen MR) is 84.6 cm³/mol. The van der Waals surface area contributed by atoms with E-state index in [0.717, 1.165) is 0 Å². The van der Waals surface area contributed by atoms with Crippen LogP contribution in [0.2, 0.25) is 0 Å². The summed E-state index contributed by atoms with van der Waals surface area (Å²) in [5.74, 6) is -1.10. The monoisotopic (exact) mass is 360 g/mol. The van der Waals surface area contributed by atoms with E-state index in [1.54, 1.807) is 0 Å². The van der Waals surface area contributed by atoms with Crippen molar-refractivity contribution in [2.24, 2.45) is 0 Å². The molecule has 9 nitrogen and oxygen atoms in total. The van der Waals surface area contributed by atoms with Crippen LogP contribution >= 0.6 is 0 Å². The zero-order valence-electron chi connectivity index (χ0n) is 13.5. The normalized spacial score (nSPS) is 12.3. The van der Waals surface area contributed by atoms with Crippen LogP contribution in [0.5, 0.6) is 11.5 Å². The molecule has 0 unspecified atom stereocenters. The van der Waals surface area contributed by atoms with Crippen LogP contribution in [0, 0.1) is 0 Å². The van der Waals surface area contributed by atoms with Crippen molar-refractivity contribution in [1.29, 1.82) is 0 Å². The molecule has 1 amide bonds. The summed E-state index contributed by atoms with van der Waals surface area (Å²) in [5, 5.41) is 10.9. The lowest BCUT2D eigenvalue weighted by molar-refractivity contribution is -0.141. The first-order chi connectivity index (χ1) is 11.2. The van der Waals surface area contributed by atoms with Gasteiger partial charge in [0.2, 0.25) is 15.9 Å². The van der Waals surface area contributed by atoms with Gasteiger partial charge in [-0.2, -0.15) is 0 Å². The third-order valence-electron chi connectivity index (χ3n) is 3.06. The van der Waals surface area contributed by atoms with E-state index < -0.39 is 27.9 Å². The summed E-state index contributed by atoms with van der Waals surface area (Å²) in [7, 11) is -1.02. The fourth-order valence-electron chi connectivity index (χ4n) is 1.74. The summed E-state index contributed by atoms with van der Waals surface area (Å²) in [6, 6.07) is 3.05. The topological polar surface area (TPSA) is 131 Å². The number of aliphatic carboxylic acids is 1. The van der Waals surface area contributed by atoms with Crippen molar-refractivity contribution in [2.75, 3.05) is 20.8 Å². The summed E-state index contributed by atoms with van der Waals surface area (Å²) in [4.78, 5) is 22.1. The molecule has 1 atom stereocenters. The molecule has 1 aromatic carbocycles.